The van der Waals surface area contributed by atoms with Crippen LogP contribution in [0.4, 0.5) is 0 Å². The third kappa shape index (κ3) is 3.33. The Balaban J connectivity index is 2.12. The van der Waals surface area contributed by atoms with Crippen molar-refractivity contribution >= 4 is 0 Å². The van der Waals surface area contributed by atoms with Gasteiger partial charge in [0.2, 0.25) is 0 Å². The molecule has 1 aromatic heterocycles. The van der Waals surface area contributed by atoms with Gasteiger partial charge in [0.1, 0.15) is 0 Å². The van der Waals surface area contributed by atoms with E-state index in [0.717, 1.165) is 11.1 Å². The van der Waals surface area contributed by atoms with E-state index in [1.165, 1.54) is 5.56 Å². The Morgan fingerprint density at radius 2 is 1.61 bits per heavy atom. The van der Waals surface area contributed by atoms with Gasteiger partial charge < -0.3 is 4.74 Å². The van der Waals surface area contributed by atoms with Gasteiger partial charge in [0.05, 0.1) is 12.2 Å². The van der Waals surface area contributed by atoms with E-state index in [-0.39, 0.29) is 0 Å². The molecule has 0 amide bonds. The molecule has 0 saturated heterocycles. The second kappa shape index (κ2) is 5.83. The van der Waals surface area contributed by atoms with Crippen molar-refractivity contribution in [3.63, 3.8) is 0 Å². The summed E-state index contributed by atoms with van der Waals surface area (Å²) in [6.45, 7) is 4.51. The zero-order chi connectivity index (χ0) is 12.8. The molecule has 0 spiro atoms. The molecule has 0 atom stereocenters. The first-order valence-electron chi connectivity index (χ1n) is 5.81. The molecule has 3 heteroatoms. The van der Waals surface area contributed by atoms with Gasteiger partial charge in [0.25, 0.3) is 0 Å². The van der Waals surface area contributed by atoms with Crippen molar-refractivity contribution in [3.8, 4) is 17.9 Å². The maximum Gasteiger partial charge on any atom is 0.316 e. The number of aryl methyl sites for hydroxylation is 1. The Bertz CT molecular complexity index is 562. The maximum atomic E-state index is 5.17. The molecule has 1 heterocycles. The molecule has 18 heavy (non-hydrogen) atoms. The number of hydrogen-bond acceptors (Lipinski definition) is 3. The van der Waals surface area contributed by atoms with Crippen molar-refractivity contribution in [3.05, 3.63) is 53.3 Å². The lowest BCUT2D eigenvalue weighted by atomic mass is 10.1. The van der Waals surface area contributed by atoms with E-state index in [9.17, 15) is 0 Å². The van der Waals surface area contributed by atoms with Gasteiger partial charge in [-0.3, -0.25) is 0 Å². The van der Waals surface area contributed by atoms with Gasteiger partial charge >= 0.3 is 6.01 Å². The second-order valence-electron chi connectivity index (χ2n) is 3.80. The van der Waals surface area contributed by atoms with Crippen LogP contribution >= 0.6 is 0 Å². The van der Waals surface area contributed by atoms with Gasteiger partial charge in [-0.2, -0.15) is 0 Å². The Labute approximate surface area is 107 Å². The molecule has 2 rings (SSSR count). The van der Waals surface area contributed by atoms with Crippen molar-refractivity contribution in [1.82, 2.24) is 9.97 Å². The van der Waals surface area contributed by atoms with Crippen molar-refractivity contribution < 1.29 is 4.74 Å². The van der Waals surface area contributed by atoms with Crippen molar-refractivity contribution in [2.75, 3.05) is 6.61 Å². The lowest BCUT2D eigenvalue weighted by Crippen LogP contribution is -1.96. The minimum atomic E-state index is 0.387. The molecule has 0 fully saturated rings. The summed E-state index contributed by atoms with van der Waals surface area (Å²) in [5, 5.41) is 0. The topological polar surface area (TPSA) is 35.0 Å². The second-order valence-corrected chi connectivity index (χ2v) is 3.80. The van der Waals surface area contributed by atoms with E-state index < -0.39 is 0 Å². The molecule has 1 aromatic carbocycles. The van der Waals surface area contributed by atoms with Gasteiger partial charge in [-0.1, -0.05) is 29.5 Å². The van der Waals surface area contributed by atoms with E-state index in [1.807, 2.05) is 31.2 Å². The predicted octanol–water partition coefficient (Wildman–Crippen LogP) is 2.58. The third-order valence-corrected chi connectivity index (χ3v) is 2.30. The normalized spacial score (nSPS) is 9.44. The number of ether oxygens (including phenoxy) is 1. The number of rotatable bonds is 2. The number of nitrogens with zero attached hydrogens (tertiary/aromatic N) is 2. The van der Waals surface area contributed by atoms with Crippen LogP contribution in [0.3, 0.4) is 0 Å². The summed E-state index contributed by atoms with van der Waals surface area (Å²) in [4.78, 5) is 8.12. The van der Waals surface area contributed by atoms with E-state index in [4.69, 9.17) is 4.74 Å². The Kier molecular flexibility index (Phi) is 3.93. The van der Waals surface area contributed by atoms with E-state index in [2.05, 4.69) is 28.7 Å². The highest BCUT2D eigenvalue weighted by molar-refractivity contribution is 5.41. The Morgan fingerprint density at radius 3 is 2.22 bits per heavy atom. The summed E-state index contributed by atoms with van der Waals surface area (Å²) in [7, 11) is 0. The van der Waals surface area contributed by atoms with Crippen LogP contribution in [0.2, 0.25) is 0 Å². The summed E-state index contributed by atoms with van der Waals surface area (Å²) < 4.78 is 5.17. The molecule has 0 aliphatic heterocycles. The summed E-state index contributed by atoms with van der Waals surface area (Å²) in [6, 6.07) is 8.46. The molecule has 0 aliphatic carbocycles. The first-order chi connectivity index (χ1) is 8.78. The van der Waals surface area contributed by atoms with Crippen LogP contribution in [0.15, 0.2) is 36.7 Å². The van der Waals surface area contributed by atoms with Gasteiger partial charge in [-0.15, -0.1) is 0 Å². The molecule has 0 saturated carbocycles. The molecule has 3 nitrogen and oxygen atoms in total. The number of hydrogen-bond donors (Lipinski definition) is 0. The molecule has 0 radical (unpaired) electrons. The maximum absolute atomic E-state index is 5.17. The smallest absolute Gasteiger partial charge is 0.316 e. The fourth-order valence-corrected chi connectivity index (χ4v) is 1.37. The number of aromatic nitrogens is 2. The summed E-state index contributed by atoms with van der Waals surface area (Å²) >= 11 is 0. The molecule has 0 bridgehead atoms. The van der Waals surface area contributed by atoms with Crippen LogP contribution in [-0.2, 0) is 0 Å². The van der Waals surface area contributed by atoms with Crippen molar-refractivity contribution in [2.45, 2.75) is 13.8 Å². The van der Waals surface area contributed by atoms with Crippen LogP contribution in [0.5, 0.6) is 6.01 Å². The third-order valence-electron chi connectivity index (χ3n) is 2.30. The van der Waals surface area contributed by atoms with E-state index in [0.29, 0.717) is 12.6 Å². The largest absolute Gasteiger partial charge is 0.464 e. The monoisotopic (exact) mass is 238 g/mol. The average molecular weight is 238 g/mol. The highest BCUT2D eigenvalue weighted by Crippen LogP contribution is 2.03. The molecular formula is C15H14N2O. The van der Waals surface area contributed by atoms with E-state index in [1.54, 1.807) is 12.4 Å². The highest BCUT2D eigenvalue weighted by atomic mass is 16.5. The fraction of sp³-hybridized carbons (Fsp3) is 0.200. The first-order valence-corrected chi connectivity index (χ1v) is 5.81. The zero-order valence-corrected chi connectivity index (χ0v) is 10.5. The van der Waals surface area contributed by atoms with Crippen LogP contribution in [0.1, 0.15) is 23.6 Å². The minimum absolute atomic E-state index is 0.387. The number of benzene rings is 1. The first kappa shape index (κ1) is 12.1. The SMILES string of the molecule is CCOc1ncc(C#Cc2ccc(C)cc2)cn1. The summed E-state index contributed by atoms with van der Waals surface area (Å²) in [6.07, 6.45) is 3.33. The Hall–Kier alpha value is -2.34. The fourth-order valence-electron chi connectivity index (χ4n) is 1.37. The lowest BCUT2D eigenvalue weighted by Gasteiger charge is -1.98. The molecule has 2 aromatic rings. The molecule has 0 unspecified atom stereocenters. The van der Waals surface area contributed by atoms with Crippen LogP contribution in [0, 0.1) is 18.8 Å². The van der Waals surface area contributed by atoms with Crippen LogP contribution in [0.25, 0.3) is 0 Å². The van der Waals surface area contributed by atoms with E-state index >= 15 is 0 Å². The van der Waals surface area contributed by atoms with Crippen LogP contribution in [-0.4, -0.2) is 16.6 Å². The lowest BCUT2D eigenvalue weighted by molar-refractivity contribution is 0.312. The summed E-state index contributed by atoms with van der Waals surface area (Å²) in [5.74, 6) is 6.09. The Morgan fingerprint density at radius 1 is 1.00 bits per heavy atom. The van der Waals surface area contributed by atoms with Crippen molar-refractivity contribution in [1.29, 1.82) is 0 Å². The quantitative estimate of drug-likeness (QED) is 0.754. The predicted molar refractivity (Wildman–Crippen MR) is 70.4 cm³/mol. The van der Waals surface area contributed by atoms with Crippen molar-refractivity contribution in [2.24, 2.45) is 0 Å². The van der Waals surface area contributed by atoms with Gasteiger partial charge in [-0.25, -0.2) is 9.97 Å². The molecule has 0 N–H and O–H groups in total. The van der Waals surface area contributed by atoms with Gasteiger partial charge in [-0.05, 0) is 26.0 Å². The molecular weight excluding hydrogens is 224 g/mol. The standard InChI is InChI=1S/C15H14N2O/c1-3-18-15-16-10-14(11-17-15)9-8-13-6-4-12(2)5-7-13/h4-7,10-11H,3H2,1-2H3. The van der Waals surface area contributed by atoms with Gasteiger partial charge in [0, 0.05) is 18.0 Å². The zero-order valence-electron chi connectivity index (χ0n) is 10.5. The van der Waals surface area contributed by atoms with Gasteiger partial charge in [0.15, 0.2) is 0 Å². The van der Waals surface area contributed by atoms with Crippen LogP contribution < -0.4 is 4.74 Å². The molecule has 90 valence electrons. The minimum Gasteiger partial charge on any atom is -0.464 e. The average Bonchev–Trinajstić information content (AvgIpc) is 2.40. The highest BCUT2D eigenvalue weighted by Gasteiger charge is 1.94. The summed E-state index contributed by atoms with van der Waals surface area (Å²) in [5.41, 5.74) is 2.98. The molecule has 0 aliphatic rings.